The smallest absolute Gasteiger partial charge is 0.319 e. The van der Waals surface area contributed by atoms with Crippen molar-refractivity contribution in [3.05, 3.63) is 39.9 Å². The molecule has 2 fully saturated rings. The van der Waals surface area contributed by atoms with E-state index in [1.165, 1.54) is 12.1 Å². The highest BCUT2D eigenvalue weighted by Gasteiger charge is 2.35. The molecule has 1 unspecified atom stereocenters. The molecule has 0 bridgehead atoms. The number of likely N-dealkylation sites (tertiary alicyclic amines) is 1. The van der Waals surface area contributed by atoms with Crippen molar-refractivity contribution in [2.24, 2.45) is 0 Å². The molecule has 12 heteroatoms. The molecule has 5 heterocycles. The van der Waals surface area contributed by atoms with Gasteiger partial charge in [0.25, 0.3) is 0 Å². The number of nitrogens with two attached hydrogens (primary N) is 1. The molecule has 2 aromatic heterocycles. The zero-order valence-electron chi connectivity index (χ0n) is 23.9. The molecule has 0 saturated carbocycles. The quantitative estimate of drug-likeness (QED) is 0.276. The summed E-state index contributed by atoms with van der Waals surface area (Å²) in [6.07, 6.45) is 4.24. The SMILES string of the molecule is C[C@H](Oc1nc2c3c(c(Cl)c(-c4ccc(F)c5sc(N)c(C#N)c45)c(F)c3n1)CCN2C1CCCOC1)[C@@H]1CCCN1C. The predicted molar refractivity (Wildman–Crippen MR) is 165 cm³/mol. The lowest BCUT2D eigenvalue weighted by molar-refractivity contribution is 0.0788. The van der Waals surface area contributed by atoms with Gasteiger partial charge >= 0.3 is 6.01 Å². The molecule has 2 aromatic carbocycles. The first-order valence-corrected chi connectivity index (χ1v) is 15.8. The summed E-state index contributed by atoms with van der Waals surface area (Å²) >= 11 is 8.02. The van der Waals surface area contributed by atoms with Gasteiger partial charge in [-0.25, -0.2) is 8.78 Å². The zero-order chi connectivity index (χ0) is 30.0. The number of nitrogens with zero attached hydrogens (tertiary/aromatic N) is 5. The van der Waals surface area contributed by atoms with E-state index in [2.05, 4.69) is 27.9 Å². The predicted octanol–water partition coefficient (Wildman–Crippen LogP) is 6.30. The first-order valence-electron chi connectivity index (χ1n) is 14.6. The number of aromatic nitrogens is 2. The van der Waals surface area contributed by atoms with Gasteiger partial charge in [0.2, 0.25) is 0 Å². The van der Waals surface area contributed by atoms with Crippen LogP contribution >= 0.6 is 22.9 Å². The van der Waals surface area contributed by atoms with Crippen LogP contribution in [0.1, 0.15) is 43.7 Å². The largest absolute Gasteiger partial charge is 0.459 e. The summed E-state index contributed by atoms with van der Waals surface area (Å²) < 4.78 is 44.2. The Bertz CT molecular complexity index is 1800. The summed E-state index contributed by atoms with van der Waals surface area (Å²) in [5.41, 5.74) is 7.36. The van der Waals surface area contributed by atoms with Crippen LogP contribution in [-0.4, -0.2) is 66.4 Å². The topological polar surface area (TPSA) is 101 Å². The van der Waals surface area contributed by atoms with Crippen LogP contribution in [-0.2, 0) is 11.2 Å². The first kappa shape index (κ1) is 28.5. The number of rotatable bonds is 5. The van der Waals surface area contributed by atoms with Crippen molar-refractivity contribution in [1.29, 1.82) is 5.26 Å². The maximum atomic E-state index is 17.0. The molecule has 3 atom stereocenters. The Labute approximate surface area is 257 Å². The van der Waals surface area contributed by atoms with E-state index in [1.54, 1.807) is 0 Å². The lowest BCUT2D eigenvalue weighted by Crippen LogP contribution is -2.44. The molecular weight excluding hydrogens is 594 g/mol. The van der Waals surface area contributed by atoms with Crippen LogP contribution < -0.4 is 15.4 Å². The number of halogens is 3. The van der Waals surface area contributed by atoms with Gasteiger partial charge in [-0.05, 0) is 69.8 Å². The fraction of sp³-hybridized carbons (Fsp3) is 0.452. The Kier molecular flexibility index (Phi) is 7.29. The molecule has 3 aliphatic heterocycles. The van der Waals surface area contributed by atoms with Crippen LogP contribution in [0.4, 0.5) is 19.6 Å². The Morgan fingerprint density at radius 1 is 1.21 bits per heavy atom. The van der Waals surface area contributed by atoms with Gasteiger partial charge in [0.05, 0.1) is 33.3 Å². The lowest BCUT2D eigenvalue weighted by Gasteiger charge is -2.39. The van der Waals surface area contributed by atoms with Crippen molar-refractivity contribution in [3.63, 3.8) is 0 Å². The Morgan fingerprint density at radius 3 is 2.77 bits per heavy atom. The number of hydrogen-bond acceptors (Lipinski definition) is 9. The number of nitrogen functional groups attached to an aromatic ring is 1. The molecule has 0 radical (unpaired) electrons. The van der Waals surface area contributed by atoms with Crippen molar-refractivity contribution in [2.75, 3.05) is 44.0 Å². The maximum absolute atomic E-state index is 17.0. The molecule has 7 rings (SSSR count). The van der Waals surface area contributed by atoms with Crippen LogP contribution in [0.15, 0.2) is 12.1 Å². The summed E-state index contributed by atoms with van der Waals surface area (Å²) in [4.78, 5) is 14.0. The van der Waals surface area contributed by atoms with E-state index in [-0.39, 0.29) is 61.0 Å². The van der Waals surface area contributed by atoms with Gasteiger partial charge in [0, 0.05) is 30.1 Å². The maximum Gasteiger partial charge on any atom is 0.319 e. The van der Waals surface area contributed by atoms with Gasteiger partial charge < -0.3 is 20.1 Å². The van der Waals surface area contributed by atoms with E-state index >= 15 is 4.39 Å². The first-order chi connectivity index (χ1) is 20.8. The molecule has 224 valence electrons. The number of anilines is 2. The monoisotopic (exact) mass is 624 g/mol. The second-order valence-corrected chi connectivity index (χ2v) is 13.0. The van der Waals surface area contributed by atoms with Crippen LogP contribution in [0.3, 0.4) is 0 Å². The molecule has 0 amide bonds. The summed E-state index contributed by atoms with van der Waals surface area (Å²) in [5, 5.41) is 11.0. The number of likely N-dealkylation sites (N-methyl/N-ethyl adjacent to an activating group) is 1. The fourth-order valence-corrected chi connectivity index (χ4v) is 8.34. The van der Waals surface area contributed by atoms with E-state index in [9.17, 15) is 9.65 Å². The fourth-order valence-electron chi connectivity index (χ4n) is 7.02. The second-order valence-electron chi connectivity index (χ2n) is 11.6. The van der Waals surface area contributed by atoms with Gasteiger partial charge in [0.1, 0.15) is 34.3 Å². The molecule has 4 aromatic rings. The van der Waals surface area contributed by atoms with Gasteiger partial charge in [-0.1, -0.05) is 17.7 Å². The van der Waals surface area contributed by atoms with Crippen molar-refractivity contribution >= 4 is 54.7 Å². The molecule has 0 spiro atoms. The molecule has 3 aliphatic rings. The van der Waals surface area contributed by atoms with E-state index < -0.39 is 11.6 Å². The number of thiophene rings is 1. The second kappa shape index (κ2) is 11.0. The number of ether oxygens (including phenoxy) is 2. The van der Waals surface area contributed by atoms with E-state index in [4.69, 9.17) is 31.8 Å². The Hall–Kier alpha value is -3.30. The third kappa shape index (κ3) is 4.58. The third-order valence-electron chi connectivity index (χ3n) is 9.14. The highest BCUT2D eigenvalue weighted by Crippen LogP contribution is 2.49. The number of hydrogen-bond donors (Lipinski definition) is 1. The number of fused-ring (bicyclic) bond motifs is 1. The van der Waals surface area contributed by atoms with Gasteiger partial charge in [0.15, 0.2) is 5.82 Å². The lowest BCUT2D eigenvalue weighted by atomic mass is 9.91. The average Bonchev–Trinajstić information content (AvgIpc) is 3.59. The standard InChI is InChI=1S/C31H31ClF2N6O2S/c1-15(21-6-3-10-39(21)2)42-31-37-27-24-18(9-11-40(30(24)38-31)16-5-4-12-41-14-16)25(32)23(26(27)34)17-7-8-20(33)28-22(17)19(13-35)29(36)43-28/h7-8,15-16,21H,3-6,9-12,14,36H2,1-2H3/t15-,16?,21-/m0/s1. The van der Waals surface area contributed by atoms with Crippen LogP contribution in [0.25, 0.3) is 32.1 Å². The van der Waals surface area contributed by atoms with Gasteiger partial charge in [-0.3, -0.25) is 4.90 Å². The molecular formula is C31H31ClF2N6O2S. The normalized spacial score (nSPS) is 21.4. The molecule has 2 N–H and O–H groups in total. The van der Waals surface area contributed by atoms with Gasteiger partial charge in [-0.15, -0.1) is 11.3 Å². The Balaban J connectivity index is 1.46. The van der Waals surface area contributed by atoms with E-state index in [0.717, 1.165) is 43.6 Å². The number of benzene rings is 2. The van der Waals surface area contributed by atoms with Crippen LogP contribution in [0.5, 0.6) is 6.01 Å². The summed E-state index contributed by atoms with van der Waals surface area (Å²) in [7, 11) is 2.07. The molecule has 0 aliphatic carbocycles. The van der Waals surface area contributed by atoms with Gasteiger partial charge in [-0.2, -0.15) is 15.2 Å². The zero-order valence-corrected chi connectivity index (χ0v) is 25.5. The summed E-state index contributed by atoms with van der Waals surface area (Å²) in [6.45, 7) is 4.85. The molecule has 43 heavy (non-hydrogen) atoms. The minimum atomic E-state index is -0.675. The van der Waals surface area contributed by atoms with Crippen molar-refractivity contribution < 1.29 is 18.3 Å². The van der Waals surface area contributed by atoms with Crippen LogP contribution in [0, 0.1) is 23.0 Å². The Morgan fingerprint density at radius 2 is 2.05 bits per heavy atom. The summed E-state index contributed by atoms with van der Waals surface area (Å²) in [5.74, 6) is -0.629. The minimum absolute atomic E-state index is 0.0668. The summed E-state index contributed by atoms with van der Waals surface area (Å²) in [6, 6.07) is 5.15. The number of nitriles is 1. The average molecular weight is 625 g/mol. The molecule has 8 nitrogen and oxygen atoms in total. The van der Waals surface area contributed by atoms with E-state index in [1.807, 2.05) is 6.92 Å². The highest BCUT2D eigenvalue weighted by molar-refractivity contribution is 7.23. The molecule has 2 saturated heterocycles. The van der Waals surface area contributed by atoms with Crippen LogP contribution in [0.2, 0.25) is 5.02 Å². The van der Waals surface area contributed by atoms with Crippen molar-refractivity contribution in [2.45, 2.75) is 57.2 Å². The van der Waals surface area contributed by atoms with Crippen molar-refractivity contribution in [1.82, 2.24) is 14.9 Å². The highest BCUT2D eigenvalue weighted by atomic mass is 35.5. The van der Waals surface area contributed by atoms with Crippen molar-refractivity contribution in [3.8, 4) is 23.2 Å². The minimum Gasteiger partial charge on any atom is -0.459 e. The van der Waals surface area contributed by atoms with E-state index in [0.29, 0.717) is 48.5 Å². The third-order valence-corrected chi connectivity index (χ3v) is 10.6.